The molecule has 2 fully saturated rings. The van der Waals surface area contributed by atoms with E-state index in [1.165, 1.54) is 4.90 Å². The first-order valence-corrected chi connectivity index (χ1v) is 15.1. The van der Waals surface area contributed by atoms with Gasteiger partial charge in [0.25, 0.3) is 5.91 Å². The lowest BCUT2D eigenvalue weighted by atomic mass is 10.0. The summed E-state index contributed by atoms with van der Waals surface area (Å²) in [6.07, 6.45) is 4.80. The summed E-state index contributed by atoms with van der Waals surface area (Å²) in [6, 6.07) is 14.3. The number of benzene rings is 2. The molecule has 4 amide bonds. The number of alkyl carbamates (subject to hydrolysis) is 1. The van der Waals surface area contributed by atoms with E-state index < -0.39 is 23.8 Å². The summed E-state index contributed by atoms with van der Waals surface area (Å²) in [5, 5.41) is 5.63. The first-order chi connectivity index (χ1) is 21.6. The normalized spacial score (nSPS) is 18.5. The van der Waals surface area contributed by atoms with Gasteiger partial charge in [0.05, 0.1) is 12.2 Å². The number of anilines is 1. The van der Waals surface area contributed by atoms with Gasteiger partial charge in [-0.3, -0.25) is 14.4 Å². The highest BCUT2D eigenvalue weighted by Crippen LogP contribution is 2.28. The first-order valence-electron chi connectivity index (χ1n) is 15.1. The summed E-state index contributed by atoms with van der Waals surface area (Å²) in [6.45, 7) is 6.38. The van der Waals surface area contributed by atoms with Crippen LogP contribution in [0.25, 0.3) is 0 Å². The molecule has 3 heterocycles. The van der Waals surface area contributed by atoms with Crippen molar-refractivity contribution in [2.45, 2.75) is 70.2 Å². The van der Waals surface area contributed by atoms with Crippen LogP contribution in [0.3, 0.4) is 0 Å². The standard InChI is InChI=1S/C34H38N6O5/c1-34(2,3)45-33(44)38-29(24-9-5-4-6-10-24)32(43)40-20-8-12-28(40)31(42)37-25-16-13-23(14-17-25)15-18-26-21-35-30(36-26)27-11-7-19-39(27)22-41/h4-6,9-10,13-14,16-17,21-22,27-29H,7-8,11-12,19-20H2,1-3H3,(H,35,36)(H,37,42)(H,38,44). The van der Waals surface area contributed by atoms with Gasteiger partial charge in [-0.25, -0.2) is 9.78 Å². The number of aromatic nitrogens is 2. The molecule has 5 rings (SSSR count). The number of carbonyl (C=O) groups is 4. The number of aromatic amines is 1. The molecule has 2 aliphatic heterocycles. The van der Waals surface area contributed by atoms with Crippen molar-refractivity contribution in [3.63, 3.8) is 0 Å². The molecule has 0 aliphatic carbocycles. The van der Waals surface area contributed by atoms with Crippen LogP contribution in [0.2, 0.25) is 0 Å². The zero-order valence-corrected chi connectivity index (χ0v) is 25.7. The Hall–Kier alpha value is -5.11. The summed E-state index contributed by atoms with van der Waals surface area (Å²) in [7, 11) is 0. The van der Waals surface area contributed by atoms with E-state index in [1.807, 2.05) is 6.07 Å². The fourth-order valence-corrected chi connectivity index (χ4v) is 5.61. The van der Waals surface area contributed by atoms with Gasteiger partial charge >= 0.3 is 6.09 Å². The minimum atomic E-state index is -1.000. The topological polar surface area (TPSA) is 137 Å². The minimum absolute atomic E-state index is 0.0440. The number of carbonyl (C=O) groups excluding carboxylic acids is 4. The zero-order chi connectivity index (χ0) is 32.0. The molecule has 2 aliphatic rings. The number of likely N-dealkylation sites (tertiary alicyclic amines) is 2. The predicted molar refractivity (Wildman–Crippen MR) is 168 cm³/mol. The van der Waals surface area contributed by atoms with Gasteiger partial charge in [0.15, 0.2) is 0 Å². The summed E-state index contributed by atoms with van der Waals surface area (Å²) >= 11 is 0. The van der Waals surface area contributed by atoms with Crippen LogP contribution in [0.15, 0.2) is 60.8 Å². The molecule has 2 saturated heterocycles. The van der Waals surface area contributed by atoms with Crippen molar-refractivity contribution in [1.29, 1.82) is 0 Å². The second kappa shape index (κ2) is 13.7. The Morgan fingerprint density at radius 2 is 1.76 bits per heavy atom. The smallest absolute Gasteiger partial charge is 0.408 e. The molecule has 3 unspecified atom stereocenters. The zero-order valence-electron chi connectivity index (χ0n) is 25.7. The van der Waals surface area contributed by atoms with Crippen molar-refractivity contribution in [1.82, 2.24) is 25.1 Å². The van der Waals surface area contributed by atoms with Crippen LogP contribution in [0.4, 0.5) is 10.5 Å². The van der Waals surface area contributed by atoms with Gasteiger partial charge in [0, 0.05) is 24.3 Å². The van der Waals surface area contributed by atoms with Crippen LogP contribution in [0.1, 0.15) is 81.2 Å². The largest absolute Gasteiger partial charge is 0.444 e. The number of ether oxygens (including phenoxy) is 1. The summed E-state index contributed by atoms with van der Waals surface area (Å²) in [5.41, 5.74) is 1.85. The van der Waals surface area contributed by atoms with Crippen LogP contribution < -0.4 is 10.6 Å². The third kappa shape index (κ3) is 7.89. The van der Waals surface area contributed by atoms with Crippen LogP contribution >= 0.6 is 0 Å². The van der Waals surface area contributed by atoms with Gasteiger partial charge in [-0.1, -0.05) is 36.3 Å². The maximum atomic E-state index is 13.8. The Bertz CT molecular complexity index is 1580. The SMILES string of the molecule is CC(C)(C)OC(=O)NC(C(=O)N1CCCC1C(=O)Nc1ccc(C#Cc2cnc(C3CCCN3C=O)[nH]2)cc1)c1ccccc1. The molecule has 0 spiro atoms. The second-order valence-corrected chi connectivity index (χ2v) is 12.2. The molecule has 2 aromatic carbocycles. The number of hydrogen-bond acceptors (Lipinski definition) is 6. The number of H-pyrrole nitrogens is 1. The molecule has 0 bridgehead atoms. The van der Waals surface area contributed by atoms with E-state index in [0.717, 1.165) is 37.2 Å². The van der Waals surface area contributed by atoms with Crippen molar-refractivity contribution in [2.24, 2.45) is 0 Å². The van der Waals surface area contributed by atoms with E-state index in [4.69, 9.17) is 4.74 Å². The average molecular weight is 611 g/mol. The van der Waals surface area contributed by atoms with E-state index in [2.05, 4.69) is 32.4 Å². The number of hydrogen-bond donors (Lipinski definition) is 3. The van der Waals surface area contributed by atoms with Crippen LogP contribution in [-0.2, 0) is 19.1 Å². The molecule has 0 saturated carbocycles. The Kier molecular flexibility index (Phi) is 9.52. The fraction of sp³-hybridized carbons (Fsp3) is 0.382. The molecule has 45 heavy (non-hydrogen) atoms. The van der Waals surface area contributed by atoms with Crippen molar-refractivity contribution in [3.05, 3.63) is 83.4 Å². The van der Waals surface area contributed by atoms with E-state index in [1.54, 1.807) is 80.4 Å². The number of nitrogens with one attached hydrogen (secondary N) is 3. The number of nitrogens with zero attached hydrogens (tertiary/aromatic N) is 3. The first kappa shape index (κ1) is 31.3. The molecule has 11 nitrogen and oxygen atoms in total. The monoisotopic (exact) mass is 610 g/mol. The van der Waals surface area contributed by atoms with E-state index in [0.29, 0.717) is 36.3 Å². The van der Waals surface area contributed by atoms with Crippen molar-refractivity contribution >= 4 is 30.0 Å². The minimum Gasteiger partial charge on any atom is -0.444 e. The van der Waals surface area contributed by atoms with Crippen molar-refractivity contribution in [3.8, 4) is 11.8 Å². The summed E-state index contributed by atoms with van der Waals surface area (Å²) in [5.74, 6) is 6.22. The molecular weight excluding hydrogens is 572 g/mol. The Labute approximate surface area is 262 Å². The van der Waals surface area contributed by atoms with Gasteiger partial charge in [-0.15, -0.1) is 0 Å². The average Bonchev–Trinajstić information content (AvgIpc) is 3.79. The van der Waals surface area contributed by atoms with E-state index in [9.17, 15) is 19.2 Å². The number of amides is 4. The van der Waals surface area contributed by atoms with Crippen LogP contribution in [0.5, 0.6) is 0 Å². The molecule has 1 aromatic heterocycles. The van der Waals surface area contributed by atoms with Crippen molar-refractivity contribution in [2.75, 3.05) is 18.4 Å². The highest BCUT2D eigenvalue weighted by molar-refractivity contribution is 5.99. The Balaban J connectivity index is 1.22. The lowest BCUT2D eigenvalue weighted by molar-refractivity contribution is -0.138. The lowest BCUT2D eigenvalue weighted by Gasteiger charge is -2.29. The molecule has 0 radical (unpaired) electrons. The molecule has 11 heteroatoms. The van der Waals surface area contributed by atoms with Crippen LogP contribution in [0, 0.1) is 11.8 Å². The van der Waals surface area contributed by atoms with Gasteiger partial charge in [-0.05, 0) is 82.2 Å². The van der Waals surface area contributed by atoms with Gasteiger partial charge in [0.1, 0.15) is 29.2 Å². The third-order valence-electron chi connectivity index (χ3n) is 7.71. The van der Waals surface area contributed by atoms with Gasteiger partial charge in [0.2, 0.25) is 12.3 Å². The quantitative estimate of drug-likeness (QED) is 0.270. The second-order valence-electron chi connectivity index (χ2n) is 12.2. The molecule has 234 valence electrons. The molecular formula is C34H38N6O5. The maximum Gasteiger partial charge on any atom is 0.408 e. The number of imidazole rings is 1. The molecule has 3 N–H and O–H groups in total. The van der Waals surface area contributed by atoms with Crippen molar-refractivity contribution < 1.29 is 23.9 Å². The van der Waals surface area contributed by atoms with E-state index in [-0.39, 0.29) is 17.9 Å². The Morgan fingerprint density at radius 1 is 1.02 bits per heavy atom. The van der Waals surface area contributed by atoms with Crippen LogP contribution in [-0.4, -0.2) is 68.8 Å². The highest BCUT2D eigenvalue weighted by Gasteiger charge is 2.39. The molecule has 3 aromatic rings. The summed E-state index contributed by atoms with van der Waals surface area (Å²) in [4.78, 5) is 62.0. The fourth-order valence-electron chi connectivity index (χ4n) is 5.61. The molecule has 3 atom stereocenters. The van der Waals surface area contributed by atoms with Gasteiger partial charge in [-0.2, -0.15) is 0 Å². The van der Waals surface area contributed by atoms with Gasteiger partial charge < -0.3 is 30.2 Å². The third-order valence-corrected chi connectivity index (χ3v) is 7.71. The Morgan fingerprint density at radius 3 is 2.47 bits per heavy atom. The predicted octanol–water partition coefficient (Wildman–Crippen LogP) is 4.30. The lowest BCUT2D eigenvalue weighted by Crippen LogP contribution is -2.49. The highest BCUT2D eigenvalue weighted by atomic mass is 16.6. The van der Waals surface area contributed by atoms with E-state index >= 15 is 0 Å². The maximum absolute atomic E-state index is 13.8. The summed E-state index contributed by atoms with van der Waals surface area (Å²) < 4.78 is 5.41. The number of rotatable bonds is 7.